The monoisotopic (exact) mass is 281 g/mol. The van der Waals surface area contributed by atoms with Gasteiger partial charge in [-0.2, -0.15) is 0 Å². The van der Waals surface area contributed by atoms with Crippen LogP contribution in [0, 0.1) is 5.41 Å². The summed E-state index contributed by atoms with van der Waals surface area (Å²) < 4.78 is 5.76. The molecule has 0 aliphatic heterocycles. The van der Waals surface area contributed by atoms with Crippen molar-refractivity contribution in [1.29, 1.82) is 0 Å². The minimum Gasteiger partial charge on any atom is -0.494 e. The predicted octanol–water partition coefficient (Wildman–Crippen LogP) is 4.63. The maximum absolute atomic E-state index is 10.5. The van der Waals surface area contributed by atoms with Crippen LogP contribution >= 0.6 is 0 Å². The zero-order chi connectivity index (χ0) is 15.3. The van der Waals surface area contributed by atoms with Gasteiger partial charge in [0.25, 0.3) is 0 Å². The van der Waals surface area contributed by atoms with Gasteiger partial charge in [0.15, 0.2) is 0 Å². The molecule has 0 N–H and O–H groups in total. The van der Waals surface area contributed by atoms with Crippen molar-refractivity contribution in [3.05, 3.63) is 54.1 Å². The van der Waals surface area contributed by atoms with Gasteiger partial charge in [-0.15, -0.1) is 0 Å². The summed E-state index contributed by atoms with van der Waals surface area (Å²) in [6.07, 6.45) is 2.91. The standard InChI is InChI=1S/C19H21O2/c1-19(2,3)12-13-21-18-10-8-17(9-11-18)16-6-4-15(14-20)5-7-16/h4-11H,12-13H2,1-3H3. The molecule has 0 spiro atoms. The van der Waals surface area contributed by atoms with E-state index in [1.165, 1.54) is 0 Å². The van der Waals surface area contributed by atoms with Crippen LogP contribution in [-0.2, 0) is 4.79 Å². The van der Waals surface area contributed by atoms with Gasteiger partial charge in [0.2, 0.25) is 6.29 Å². The third kappa shape index (κ3) is 4.75. The van der Waals surface area contributed by atoms with Crippen LogP contribution in [0.15, 0.2) is 48.5 Å². The van der Waals surface area contributed by atoms with Gasteiger partial charge in [0.05, 0.1) is 6.61 Å². The lowest BCUT2D eigenvalue weighted by molar-refractivity contribution is 0.243. The molecular weight excluding hydrogens is 260 g/mol. The molecule has 21 heavy (non-hydrogen) atoms. The van der Waals surface area contributed by atoms with Crippen LogP contribution in [0.1, 0.15) is 32.8 Å². The molecule has 2 nitrogen and oxygen atoms in total. The molecule has 2 rings (SSSR count). The molecule has 0 saturated carbocycles. The van der Waals surface area contributed by atoms with Gasteiger partial charge in [0.1, 0.15) is 5.75 Å². The van der Waals surface area contributed by atoms with Gasteiger partial charge in [-0.05, 0) is 35.1 Å². The lowest BCUT2D eigenvalue weighted by Crippen LogP contribution is -2.10. The Balaban J connectivity index is 1.99. The second kappa shape index (κ2) is 6.57. The van der Waals surface area contributed by atoms with E-state index < -0.39 is 0 Å². The summed E-state index contributed by atoms with van der Waals surface area (Å²) in [6, 6.07) is 15.4. The van der Waals surface area contributed by atoms with E-state index in [1.807, 2.05) is 42.7 Å². The van der Waals surface area contributed by atoms with Crippen molar-refractivity contribution in [2.24, 2.45) is 5.41 Å². The highest BCUT2D eigenvalue weighted by Gasteiger charge is 2.09. The zero-order valence-corrected chi connectivity index (χ0v) is 12.8. The van der Waals surface area contributed by atoms with Gasteiger partial charge in [0, 0.05) is 5.56 Å². The smallest absolute Gasteiger partial charge is 0.233 e. The van der Waals surface area contributed by atoms with E-state index in [0.717, 1.165) is 29.9 Å². The van der Waals surface area contributed by atoms with Crippen LogP contribution in [0.4, 0.5) is 0 Å². The lowest BCUT2D eigenvalue weighted by Gasteiger charge is -2.18. The van der Waals surface area contributed by atoms with Crippen molar-refractivity contribution in [2.75, 3.05) is 6.61 Å². The fourth-order valence-electron chi connectivity index (χ4n) is 1.95. The fourth-order valence-corrected chi connectivity index (χ4v) is 1.95. The first-order valence-electron chi connectivity index (χ1n) is 7.19. The molecule has 0 aliphatic rings. The summed E-state index contributed by atoms with van der Waals surface area (Å²) in [6.45, 7) is 7.35. The highest BCUT2D eigenvalue weighted by atomic mass is 16.5. The Morgan fingerprint density at radius 2 is 1.43 bits per heavy atom. The molecule has 0 aliphatic carbocycles. The second-order valence-electron chi connectivity index (χ2n) is 6.36. The quantitative estimate of drug-likeness (QED) is 0.799. The molecule has 2 aromatic rings. The third-order valence-electron chi connectivity index (χ3n) is 3.31. The first kappa shape index (κ1) is 15.3. The number of hydrogen-bond donors (Lipinski definition) is 0. The molecule has 0 unspecified atom stereocenters. The van der Waals surface area contributed by atoms with E-state index in [-0.39, 0.29) is 5.41 Å². The van der Waals surface area contributed by atoms with Crippen LogP contribution in [0.2, 0.25) is 0 Å². The zero-order valence-electron chi connectivity index (χ0n) is 12.8. The lowest BCUT2D eigenvalue weighted by atomic mass is 9.93. The van der Waals surface area contributed by atoms with Crippen molar-refractivity contribution in [3.63, 3.8) is 0 Å². The number of hydrogen-bond acceptors (Lipinski definition) is 2. The van der Waals surface area contributed by atoms with Crippen LogP contribution in [0.25, 0.3) is 11.1 Å². The summed E-state index contributed by atoms with van der Waals surface area (Å²) in [4.78, 5) is 10.5. The molecule has 1 radical (unpaired) electrons. The van der Waals surface area contributed by atoms with Crippen LogP contribution in [0.5, 0.6) is 5.75 Å². The molecular formula is C19H21O2. The Hall–Kier alpha value is -2.09. The average Bonchev–Trinajstić information content (AvgIpc) is 2.47. The van der Waals surface area contributed by atoms with Crippen LogP contribution < -0.4 is 4.74 Å². The van der Waals surface area contributed by atoms with Gasteiger partial charge >= 0.3 is 0 Å². The van der Waals surface area contributed by atoms with E-state index in [2.05, 4.69) is 20.8 Å². The average molecular weight is 281 g/mol. The highest BCUT2D eigenvalue weighted by molar-refractivity contribution is 5.77. The Labute approximate surface area is 126 Å². The van der Waals surface area contributed by atoms with Crippen LogP contribution in [0.3, 0.4) is 0 Å². The van der Waals surface area contributed by atoms with Gasteiger partial charge in [-0.3, -0.25) is 4.79 Å². The summed E-state index contributed by atoms with van der Waals surface area (Å²) in [5.41, 5.74) is 3.05. The van der Waals surface area contributed by atoms with E-state index in [4.69, 9.17) is 4.74 Å². The maximum atomic E-state index is 10.5. The molecule has 2 heteroatoms. The summed E-state index contributed by atoms with van der Waals surface area (Å²) in [5.74, 6) is 0.890. The van der Waals surface area contributed by atoms with E-state index in [0.29, 0.717) is 5.56 Å². The van der Waals surface area contributed by atoms with E-state index in [9.17, 15) is 4.79 Å². The Morgan fingerprint density at radius 1 is 0.905 bits per heavy atom. The number of ether oxygens (including phenoxy) is 1. The van der Waals surface area contributed by atoms with Gasteiger partial charge in [-0.25, -0.2) is 0 Å². The maximum Gasteiger partial charge on any atom is 0.233 e. The third-order valence-corrected chi connectivity index (χ3v) is 3.31. The van der Waals surface area contributed by atoms with Crippen molar-refractivity contribution >= 4 is 6.29 Å². The SMILES string of the molecule is CC(C)(C)CCOc1ccc(-c2ccc([C]=O)cc2)cc1. The Morgan fingerprint density at radius 3 is 1.90 bits per heavy atom. The van der Waals surface area contributed by atoms with Crippen molar-refractivity contribution < 1.29 is 9.53 Å². The van der Waals surface area contributed by atoms with E-state index >= 15 is 0 Å². The van der Waals surface area contributed by atoms with Gasteiger partial charge < -0.3 is 4.74 Å². The second-order valence-corrected chi connectivity index (χ2v) is 6.36. The number of benzene rings is 2. The van der Waals surface area contributed by atoms with Crippen molar-refractivity contribution in [1.82, 2.24) is 0 Å². The molecule has 109 valence electrons. The minimum absolute atomic E-state index is 0.289. The van der Waals surface area contributed by atoms with Crippen molar-refractivity contribution in [2.45, 2.75) is 27.2 Å². The minimum atomic E-state index is 0.289. The number of carbonyl (C=O) groups excluding carboxylic acids is 1. The first-order valence-corrected chi connectivity index (χ1v) is 7.19. The van der Waals surface area contributed by atoms with E-state index in [1.54, 1.807) is 12.1 Å². The summed E-state index contributed by atoms with van der Waals surface area (Å²) in [5, 5.41) is 0. The molecule has 0 atom stereocenters. The molecule has 0 aromatic heterocycles. The fraction of sp³-hybridized carbons (Fsp3) is 0.316. The molecule has 0 heterocycles. The topological polar surface area (TPSA) is 26.3 Å². The first-order chi connectivity index (χ1) is 9.98. The highest BCUT2D eigenvalue weighted by Crippen LogP contribution is 2.24. The normalized spacial score (nSPS) is 11.2. The molecule has 2 aromatic carbocycles. The van der Waals surface area contributed by atoms with Gasteiger partial charge in [-0.1, -0.05) is 57.2 Å². The van der Waals surface area contributed by atoms with Crippen LogP contribution in [-0.4, -0.2) is 12.9 Å². The Bertz CT molecular complexity index is 574. The molecule has 0 fully saturated rings. The Kier molecular flexibility index (Phi) is 4.79. The molecule has 0 bridgehead atoms. The molecule has 0 amide bonds. The summed E-state index contributed by atoms with van der Waals surface area (Å²) in [7, 11) is 0. The number of rotatable bonds is 5. The summed E-state index contributed by atoms with van der Waals surface area (Å²) >= 11 is 0. The molecule has 0 saturated heterocycles. The predicted molar refractivity (Wildman–Crippen MR) is 86.2 cm³/mol. The van der Waals surface area contributed by atoms with Crippen molar-refractivity contribution in [3.8, 4) is 16.9 Å². The largest absolute Gasteiger partial charge is 0.494 e.